The molecule has 6 nitrogen and oxygen atoms in total. The van der Waals surface area contributed by atoms with Crippen LogP contribution in [0.4, 0.5) is 5.69 Å². The Morgan fingerprint density at radius 3 is 2.36 bits per heavy atom. The number of benzene rings is 3. The van der Waals surface area contributed by atoms with E-state index in [0.29, 0.717) is 35.2 Å². The predicted molar refractivity (Wildman–Crippen MR) is 180 cm³/mol. The number of hydroxylamine groups is 1. The van der Waals surface area contributed by atoms with Crippen LogP contribution >= 0.6 is 23.2 Å². The van der Waals surface area contributed by atoms with Gasteiger partial charge in [0.25, 0.3) is 0 Å². The van der Waals surface area contributed by atoms with Crippen molar-refractivity contribution in [2.45, 2.75) is 95.8 Å². The lowest BCUT2D eigenvalue weighted by molar-refractivity contribution is -0.138. The number of aliphatic hydroxyl groups excluding tert-OH is 1. The van der Waals surface area contributed by atoms with Gasteiger partial charge in [-0.15, -0.1) is 0 Å². The van der Waals surface area contributed by atoms with E-state index in [1.54, 1.807) is 6.07 Å². The van der Waals surface area contributed by atoms with Gasteiger partial charge in [0, 0.05) is 45.6 Å². The molecule has 4 unspecified atom stereocenters. The van der Waals surface area contributed by atoms with E-state index in [1.807, 2.05) is 38.1 Å². The highest BCUT2D eigenvalue weighted by Gasteiger charge is 2.52. The van der Waals surface area contributed by atoms with Crippen molar-refractivity contribution in [2.24, 2.45) is 0 Å². The maximum atomic E-state index is 12.7. The van der Waals surface area contributed by atoms with Crippen molar-refractivity contribution in [1.29, 1.82) is 0 Å². The van der Waals surface area contributed by atoms with Crippen LogP contribution in [0.1, 0.15) is 92.5 Å². The average molecular weight is 642 g/mol. The van der Waals surface area contributed by atoms with Crippen molar-refractivity contribution in [3.05, 3.63) is 92.5 Å². The Bertz CT molecular complexity index is 1440. The molecule has 4 atom stereocenters. The highest BCUT2D eigenvalue weighted by molar-refractivity contribution is 6.31. The predicted octanol–water partition coefficient (Wildman–Crippen LogP) is 8.64. The van der Waals surface area contributed by atoms with E-state index in [1.165, 1.54) is 23.8 Å². The second-order valence-corrected chi connectivity index (χ2v) is 12.9. The lowest BCUT2D eigenvalue weighted by Gasteiger charge is -2.46. The summed E-state index contributed by atoms with van der Waals surface area (Å²) >= 11 is 13.2. The number of fused-ring (bicyclic) bond motifs is 1. The first-order valence-electron chi connectivity index (χ1n) is 15.6. The first kappa shape index (κ1) is 34.3. The summed E-state index contributed by atoms with van der Waals surface area (Å²) < 4.78 is 6.82. The van der Waals surface area contributed by atoms with E-state index in [2.05, 4.69) is 55.8 Å². The molecular weight excluding hydrogens is 595 g/mol. The first-order chi connectivity index (χ1) is 21.1. The van der Waals surface area contributed by atoms with Crippen LogP contribution in [-0.4, -0.2) is 36.9 Å². The van der Waals surface area contributed by atoms with E-state index in [0.717, 1.165) is 35.9 Å². The molecule has 4 rings (SSSR count). The zero-order valence-electron chi connectivity index (χ0n) is 26.7. The van der Waals surface area contributed by atoms with Crippen molar-refractivity contribution in [2.75, 3.05) is 19.0 Å². The molecule has 0 saturated heterocycles. The molecule has 0 radical (unpaired) electrons. The Kier molecular flexibility index (Phi) is 11.4. The smallest absolute Gasteiger partial charge is 0.166 e. The lowest BCUT2D eigenvalue weighted by Crippen LogP contribution is -2.54. The van der Waals surface area contributed by atoms with Gasteiger partial charge in [0.1, 0.15) is 17.6 Å². The Balaban J connectivity index is 2.04. The second-order valence-electron chi connectivity index (χ2n) is 12.0. The molecule has 0 saturated carbocycles. The summed E-state index contributed by atoms with van der Waals surface area (Å²) in [5.41, 5.74) is 7.73. The summed E-state index contributed by atoms with van der Waals surface area (Å²) in [6, 6.07) is 18.3. The average Bonchev–Trinajstić information content (AvgIpc) is 3.38. The molecule has 8 heteroatoms. The monoisotopic (exact) mass is 640 g/mol. The van der Waals surface area contributed by atoms with Gasteiger partial charge in [-0.05, 0) is 86.1 Å². The van der Waals surface area contributed by atoms with E-state index in [-0.39, 0.29) is 18.3 Å². The van der Waals surface area contributed by atoms with Crippen molar-refractivity contribution in [1.82, 2.24) is 5.48 Å². The molecule has 0 aromatic heterocycles. The van der Waals surface area contributed by atoms with Crippen LogP contribution in [0.5, 0.6) is 5.75 Å². The number of hydrogen-bond donors (Lipinski definition) is 3. The first-order valence-corrected chi connectivity index (χ1v) is 16.4. The van der Waals surface area contributed by atoms with Crippen LogP contribution in [-0.2, 0) is 15.0 Å². The maximum absolute atomic E-state index is 12.7. The molecule has 0 spiro atoms. The molecule has 0 fully saturated rings. The SMILES string of the molecule is CCCC(c1cc(C)ccc1C)C1(C(CC=O)c2cc(Cl)ccc2OC(CC)(CC)C(O)NOC)CNc2cc(Cl)ccc21. The molecule has 3 aromatic carbocycles. The second kappa shape index (κ2) is 14.7. The van der Waals surface area contributed by atoms with E-state index in [4.69, 9.17) is 32.8 Å². The number of carbonyl (C=O) groups excluding carboxylic acids is 1. The molecule has 0 bridgehead atoms. The molecule has 44 heavy (non-hydrogen) atoms. The number of halogens is 2. The largest absolute Gasteiger partial charge is 0.483 e. The molecule has 3 N–H and O–H groups in total. The number of aliphatic hydroxyl groups is 1. The summed E-state index contributed by atoms with van der Waals surface area (Å²) in [5, 5.41) is 16.0. The number of carbonyl (C=O) groups is 1. The van der Waals surface area contributed by atoms with Gasteiger partial charge in [0.05, 0.1) is 7.11 Å². The number of aldehydes is 1. The van der Waals surface area contributed by atoms with Crippen LogP contribution in [0.25, 0.3) is 0 Å². The topological polar surface area (TPSA) is 79.8 Å². The van der Waals surface area contributed by atoms with Gasteiger partial charge in [-0.1, -0.05) is 80.2 Å². The summed E-state index contributed by atoms with van der Waals surface area (Å²) in [5.74, 6) is 0.320. The van der Waals surface area contributed by atoms with Crippen molar-refractivity contribution < 1.29 is 19.5 Å². The van der Waals surface area contributed by atoms with Gasteiger partial charge in [0.2, 0.25) is 0 Å². The molecule has 3 aromatic rings. The zero-order chi connectivity index (χ0) is 32.1. The van der Waals surface area contributed by atoms with Gasteiger partial charge >= 0.3 is 0 Å². The number of ether oxygens (including phenoxy) is 1. The third kappa shape index (κ3) is 6.52. The van der Waals surface area contributed by atoms with Crippen LogP contribution in [0.3, 0.4) is 0 Å². The number of anilines is 1. The third-order valence-electron chi connectivity index (χ3n) is 9.60. The summed E-state index contributed by atoms with van der Waals surface area (Å²) in [4.78, 5) is 17.8. The van der Waals surface area contributed by atoms with Crippen molar-refractivity contribution in [3.8, 4) is 5.75 Å². The minimum atomic E-state index is -1.09. The number of aryl methyl sites for hydroxylation is 2. The lowest BCUT2D eigenvalue weighted by atomic mass is 9.57. The Morgan fingerprint density at radius 2 is 1.70 bits per heavy atom. The van der Waals surface area contributed by atoms with Crippen LogP contribution < -0.4 is 15.5 Å². The molecule has 238 valence electrons. The van der Waals surface area contributed by atoms with Gasteiger partial charge in [0.15, 0.2) is 6.23 Å². The number of hydrogen-bond acceptors (Lipinski definition) is 6. The molecule has 1 heterocycles. The van der Waals surface area contributed by atoms with Crippen LogP contribution in [0.2, 0.25) is 10.0 Å². The minimum absolute atomic E-state index is 0.0574. The molecule has 1 aliphatic heterocycles. The summed E-state index contributed by atoms with van der Waals surface area (Å²) in [6.45, 7) is 11.1. The molecular formula is C36H46Cl2N2O4. The summed E-state index contributed by atoms with van der Waals surface area (Å²) in [6.07, 6.45) is 3.04. The zero-order valence-corrected chi connectivity index (χ0v) is 28.2. The third-order valence-corrected chi connectivity index (χ3v) is 10.1. The Hall–Kier alpha value is -2.61. The number of nitrogens with one attached hydrogen (secondary N) is 2. The van der Waals surface area contributed by atoms with Crippen LogP contribution in [0, 0.1) is 13.8 Å². The molecule has 1 aliphatic rings. The standard InChI is InChI=1S/C36H46Cl2N2O4/c1-7-10-29(27-19-23(4)11-12-24(27)5)36(22-39-32-21-26(38)13-15-31(32)36)30(17-18-41)28-20-25(37)14-16-33(28)44-35(8-2,9-3)34(42)40-43-6/h11-16,18-21,29-30,34,39-40,42H,7-10,17,22H2,1-6H3. The van der Waals surface area contributed by atoms with E-state index in [9.17, 15) is 9.90 Å². The number of rotatable bonds is 15. The molecule has 0 aliphatic carbocycles. The fraction of sp³-hybridized carbons (Fsp3) is 0.472. The van der Waals surface area contributed by atoms with Crippen molar-refractivity contribution >= 4 is 35.2 Å². The van der Waals surface area contributed by atoms with Gasteiger partial charge in [-0.25, -0.2) is 0 Å². The normalized spacial score (nSPS) is 18.3. The highest BCUT2D eigenvalue weighted by Crippen LogP contribution is 2.59. The Morgan fingerprint density at radius 1 is 1.00 bits per heavy atom. The van der Waals surface area contributed by atoms with Gasteiger partial charge in [-0.3, -0.25) is 0 Å². The summed E-state index contributed by atoms with van der Waals surface area (Å²) in [7, 11) is 1.47. The highest BCUT2D eigenvalue weighted by atomic mass is 35.5. The van der Waals surface area contributed by atoms with Crippen LogP contribution in [0.15, 0.2) is 54.6 Å². The minimum Gasteiger partial charge on any atom is -0.483 e. The fourth-order valence-electron chi connectivity index (χ4n) is 7.25. The van der Waals surface area contributed by atoms with Crippen molar-refractivity contribution in [3.63, 3.8) is 0 Å². The maximum Gasteiger partial charge on any atom is 0.166 e. The van der Waals surface area contributed by atoms with Gasteiger partial charge in [-0.2, -0.15) is 5.48 Å². The van der Waals surface area contributed by atoms with Gasteiger partial charge < -0.3 is 24.8 Å². The quantitative estimate of drug-likeness (QED) is 0.0876. The molecule has 0 amide bonds. The van der Waals surface area contributed by atoms with E-state index < -0.39 is 17.2 Å². The van der Waals surface area contributed by atoms with E-state index >= 15 is 0 Å². The fourth-order valence-corrected chi connectivity index (χ4v) is 7.61. The Labute approximate surface area is 272 Å².